The third-order valence-electron chi connectivity index (χ3n) is 8.42. The lowest BCUT2D eigenvalue weighted by atomic mass is 9.81. The van der Waals surface area contributed by atoms with Gasteiger partial charge in [-0.1, -0.05) is 117 Å². The highest BCUT2D eigenvalue weighted by Crippen LogP contribution is 2.53. The highest BCUT2D eigenvalue weighted by Gasteiger charge is 2.40. The molecule has 42 heavy (non-hydrogen) atoms. The van der Waals surface area contributed by atoms with Crippen LogP contribution in [0.2, 0.25) is 0 Å². The van der Waals surface area contributed by atoms with Crippen LogP contribution in [-0.4, -0.2) is 19.5 Å². The van der Waals surface area contributed by atoms with Crippen LogP contribution in [-0.2, 0) is 5.41 Å². The molecule has 0 fully saturated rings. The molecule has 0 bridgehead atoms. The van der Waals surface area contributed by atoms with Crippen molar-refractivity contribution in [2.45, 2.75) is 19.3 Å². The fourth-order valence-electron chi connectivity index (χ4n) is 6.47. The summed E-state index contributed by atoms with van der Waals surface area (Å²) in [6.45, 7) is 4.67. The van der Waals surface area contributed by atoms with E-state index in [1.54, 1.807) is 0 Å². The predicted octanol–water partition coefficient (Wildman–Crippen LogP) is 9.12. The first-order valence-electron chi connectivity index (χ1n) is 14.3. The molecule has 0 radical (unpaired) electrons. The zero-order chi connectivity index (χ0) is 28.3. The Balaban J connectivity index is 1.40. The lowest BCUT2D eigenvalue weighted by Crippen LogP contribution is -2.14. The van der Waals surface area contributed by atoms with E-state index < -0.39 is 0 Å². The normalized spacial score (nSPS) is 13.2. The molecule has 0 unspecified atom stereocenters. The SMILES string of the molecule is CC1(C)c2ccccc2-c2c1c1cc(-c3nc(-c4ccccc4)nc(-c4ccccc4)n3)ccc1n2-c1ccccc1. The number of benzene rings is 5. The minimum atomic E-state index is -0.160. The molecule has 5 aromatic carbocycles. The van der Waals surface area contributed by atoms with E-state index in [4.69, 9.17) is 15.0 Å². The number of fused-ring (bicyclic) bond motifs is 5. The summed E-state index contributed by atoms with van der Waals surface area (Å²) >= 11 is 0. The molecule has 4 nitrogen and oxygen atoms in total. The molecule has 0 amide bonds. The van der Waals surface area contributed by atoms with Crippen LogP contribution in [0.4, 0.5) is 0 Å². The Bertz CT molecular complexity index is 2040. The molecule has 0 saturated carbocycles. The van der Waals surface area contributed by atoms with Gasteiger partial charge in [0.05, 0.1) is 11.2 Å². The number of hydrogen-bond donors (Lipinski definition) is 0. The van der Waals surface area contributed by atoms with Gasteiger partial charge in [0.1, 0.15) is 0 Å². The molecule has 0 aliphatic heterocycles. The Morgan fingerprint density at radius 2 is 1.05 bits per heavy atom. The van der Waals surface area contributed by atoms with Gasteiger partial charge in [-0.2, -0.15) is 0 Å². The molecule has 2 aromatic heterocycles. The minimum absolute atomic E-state index is 0.160. The quantitative estimate of drug-likeness (QED) is 0.224. The van der Waals surface area contributed by atoms with Gasteiger partial charge < -0.3 is 4.57 Å². The molecule has 0 N–H and O–H groups in total. The average molecular weight is 541 g/mol. The number of nitrogens with zero attached hydrogens (tertiary/aromatic N) is 4. The summed E-state index contributed by atoms with van der Waals surface area (Å²) in [4.78, 5) is 14.9. The Kier molecular flexibility index (Phi) is 5.44. The summed E-state index contributed by atoms with van der Waals surface area (Å²) in [7, 11) is 0. The van der Waals surface area contributed by atoms with Crippen molar-refractivity contribution in [1.29, 1.82) is 0 Å². The highest BCUT2D eigenvalue weighted by atomic mass is 15.0. The van der Waals surface area contributed by atoms with Crippen LogP contribution in [0, 0.1) is 0 Å². The zero-order valence-electron chi connectivity index (χ0n) is 23.5. The molecule has 4 heteroatoms. The molecule has 0 saturated heterocycles. The van der Waals surface area contributed by atoms with E-state index in [1.165, 1.54) is 33.3 Å². The summed E-state index contributed by atoms with van der Waals surface area (Å²) < 4.78 is 2.42. The van der Waals surface area contributed by atoms with Crippen molar-refractivity contribution in [2.75, 3.05) is 0 Å². The zero-order valence-corrected chi connectivity index (χ0v) is 23.5. The Morgan fingerprint density at radius 1 is 0.524 bits per heavy atom. The summed E-state index contributed by atoms with van der Waals surface area (Å²) in [6.07, 6.45) is 0. The van der Waals surface area contributed by atoms with Crippen LogP contribution >= 0.6 is 0 Å². The van der Waals surface area contributed by atoms with E-state index in [0.717, 1.165) is 22.4 Å². The Morgan fingerprint density at radius 3 is 1.67 bits per heavy atom. The fourth-order valence-corrected chi connectivity index (χ4v) is 6.47. The molecule has 7 aromatic rings. The van der Waals surface area contributed by atoms with Crippen LogP contribution in [0.5, 0.6) is 0 Å². The first-order chi connectivity index (χ1) is 20.6. The van der Waals surface area contributed by atoms with Crippen molar-refractivity contribution in [3.05, 3.63) is 145 Å². The second-order valence-corrected chi connectivity index (χ2v) is 11.3. The molecule has 0 atom stereocenters. The van der Waals surface area contributed by atoms with E-state index in [9.17, 15) is 0 Å². The molecule has 8 rings (SSSR count). The maximum absolute atomic E-state index is 5.01. The molecule has 200 valence electrons. The van der Waals surface area contributed by atoms with Gasteiger partial charge in [-0.25, -0.2) is 15.0 Å². The van der Waals surface area contributed by atoms with Crippen LogP contribution in [0.25, 0.3) is 62.0 Å². The second-order valence-electron chi connectivity index (χ2n) is 11.3. The molecule has 0 spiro atoms. The van der Waals surface area contributed by atoms with Gasteiger partial charge >= 0.3 is 0 Å². The van der Waals surface area contributed by atoms with E-state index in [2.05, 4.69) is 91.2 Å². The maximum Gasteiger partial charge on any atom is 0.164 e. The van der Waals surface area contributed by atoms with Crippen molar-refractivity contribution < 1.29 is 0 Å². The lowest BCUT2D eigenvalue weighted by Gasteiger charge is -2.21. The molecular weight excluding hydrogens is 512 g/mol. The first kappa shape index (κ1) is 24.4. The van der Waals surface area contributed by atoms with Gasteiger partial charge in [0.25, 0.3) is 0 Å². The summed E-state index contributed by atoms with van der Waals surface area (Å²) in [6, 6.07) is 46.4. The molecule has 1 aliphatic carbocycles. The standard InChI is InChI=1S/C38H28N4/c1-38(2)31-21-13-12-20-29(31)34-33(38)30-24-27(22-23-32(30)42(34)28-18-10-5-11-19-28)37-40-35(25-14-6-3-7-15-25)39-36(41-37)26-16-8-4-9-17-26/h3-24H,1-2H3. The van der Waals surface area contributed by atoms with Gasteiger partial charge in [0.15, 0.2) is 17.5 Å². The first-order valence-corrected chi connectivity index (χ1v) is 14.3. The van der Waals surface area contributed by atoms with Gasteiger partial charge in [0, 0.05) is 38.7 Å². The number of aromatic nitrogens is 4. The van der Waals surface area contributed by atoms with Crippen molar-refractivity contribution >= 4 is 10.9 Å². The van der Waals surface area contributed by atoms with Crippen LogP contribution in [0.3, 0.4) is 0 Å². The second kappa shape index (κ2) is 9.35. The number of rotatable bonds is 4. The van der Waals surface area contributed by atoms with Crippen LogP contribution in [0.1, 0.15) is 25.0 Å². The third-order valence-corrected chi connectivity index (χ3v) is 8.42. The largest absolute Gasteiger partial charge is 0.309 e. The minimum Gasteiger partial charge on any atom is -0.309 e. The van der Waals surface area contributed by atoms with Crippen molar-refractivity contribution in [2.24, 2.45) is 0 Å². The monoisotopic (exact) mass is 540 g/mol. The average Bonchev–Trinajstić information content (AvgIpc) is 3.52. The van der Waals surface area contributed by atoms with Gasteiger partial charge in [-0.05, 0) is 41.5 Å². The molecule has 2 heterocycles. The molecular formula is C38H28N4. The van der Waals surface area contributed by atoms with Crippen LogP contribution < -0.4 is 0 Å². The van der Waals surface area contributed by atoms with E-state index >= 15 is 0 Å². The van der Waals surface area contributed by atoms with Crippen molar-refractivity contribution in [3.63, 3.8) is 0 Å². The van der Waals surface area contributed by atoms with E-state index in [0.29, 0.717) is 17.5 Å². The van der Waals surface area contributed by atoms with E-state index in [-0.39, 0.29) is 5.41 Å². The smallest absolute Gasteiger partial charge is 0.164 e. The summed E-state index contributed by atoms with van der Waals surface area (Å²) in [5.74, 6) is 2.00. The number of para-hydroxylation sites is 1. The van der Waals surface area contributed by atoms with Gasteiger partial charge in [-0.15, -0.1) is 0 Å². The van der Waals surface area contributed by atoms with Crippen molar-refractivity contribution in [1.82, 2.24) is 19.5 Å². The van der Waals surface area contributed by atoms with Crippen LogP contribution in [0.15, 0.2) is 133 Å². The van der Waals surface area contributed by atoms with E-state index in [1.807, 2.05) is 60.7 Å². The summed E-state index contributed by atoms with van der Waals surface area (Å²) in [5, 5.41) is 1.22. The lowest BCUT2D eigenvalue weighted by molar-refractivity contribution is 0.666. The van der Waals surface area contributed by atoms with Gasteiger partial charge in [0.2, 0.25) is 0 Å². The molecule has 1 aliphatic rings. The van der Waals surface area contributed by atoms with Gasteiger partial charge in [-0.3, -0.25) is 0 Å². The topological polar surface area (TPSA) is 43.6 Å². The fraction of sp³-hybridized carbons (Fsp3) is 0.0789. The number of hydrogen-bond acceptors (Lipinski definition) is 3. The maximum atomic E-state index is 5.01. The highest BCUT2D eigenvalue weighted by molar-refractivity contribution is 6.00. The summed E-state index contributed by atoms with van der Waals surface area (Å²) in [5.41, 5.74) is 10.3. The third kappa shape index (κ3) is 3.72. The van der Waals surface area contributed by atoms with Crippen molar-refractivity contribution in [3.8, 4) is 51.1 Å². The Labute approximate surface area is 245 Å². The Hall–Kier alpha value is -5.35. The predicted molar refractivity (Wildman–Crippen MR) is 171 cm³/mol.